The van der Waals surface area contributed by atoms with Crippen molar-refractivity contribution in [2.45, 2.75) is 62.7 Å². The average Bonchev–Trinajstić information content (AvgIpc) is 3.25. The smallest absolute Gasteiger partial charge is 0.0124 e. The van der Waals surface area contributed by atoms with E-state index in [4.69, 9.17) is 0 Å². The minimum Gasteiger partial charge on any atom is -0.168 e. The monoisotopic (exact) mass is 364 g/mol. The van der Waals surface area contributed by atoms with Crippen molar-refractivity contribution < 1.29 is 0 Å². The maximum absolute atomic E-state index is 3.89. The lowest BCUT2D eigenvalue weighted by atomic mass is 9.83. The summed E-state index contributed by atoms with van der Waals surface area (Å²) in [6, 6.07) is 0. The fourth-order valence-corrected chi connectivity index (χ4v) is 11.9. The van der Waals surface area contributed by atoms with Gasteiger partial charge < -0.3 is 0 Å². The van der Waals surface area contributed by atoms with Crippen LogP contribution < -0.4 is 0 Å². The molecule has 2 saturated carbocycles. The van der Waals surface area contributed by atoms with E-state index in [1.807, 2.05) is 0 Å². The van der Waals surface area contributed by atoms with Gasteiger partial charge >= 0.3 is 0 Å². The van der Waals surface area contributed by atoms with Crippen molar-refractivity contribution in [2.24, 2.45) is 29.6 Å². The molecule has 0 aliphatic heterocycles. The summed E-state index contributed by atoms with van der Waals surface area (Å²) in [5.41, 5.74) is 1.94. The Kier molecular flexibility index (Phi) is 5.28. The lowest BCUT2D eigenvalue weighted by molar-refractivity contribution is 0.461. The number of rotatable bonds is 6. The molecule has 0 heterocycles. The Hall–Kier alpha value is -1.08. The molecule has 1 heteroatoms. The lowest BCUT2D eigenvalue weighted by Crippen LogP contribution is -2.42. The molecule has 0 aromatic rings. The molecule has 4 aliphatic rings. The van der Waals surface area contributed by atoms with E-state index in [0.717, 1.165) is 40.7 Å². The third-order valence-electron chi connectivity index (χ3n) is 8.19. The first-order chi connectivity index (χ1) is 12.6. The van der Waals surface area contributed by atoms with Gasteiger partial charge in [0.05, 0.1) is 0 Å². The molecule has 0 aromatic heterocycles. The van der Waals surface area contributed by atoms with E-state index in [1.54, 1.807) is 0 Å². The number of hydrogen-bond donors (Lipinski definition) is 0. The van der Waals surface area contributed by atoms with Gasteiger partial charge in [0.1, 0.15) is 0 Å². The van der Waals surface area contributed by atoms with E-state index in [2.05, 4.69) is 74.4 Å². The van der Waals surface area contributed by atoms with Crippen LogP contribution in [0.25, 0.3) is 0 Å². The molecule has 4 rings (SSSR count). The van der Waals surface area contributed by atoms with Crippen molar-refractivity contribution in [3.05, 3.63) is 61.3 Å². The molecule has 141 valence electrons. The molecular weight excluding hydrogens is 328 g/mol. The second-order valence-electron chi connectivity index (χ2n) is 9.79. The Labute approximate surface area is 161 Å². The summed E-state index contributed by atoms with van der Waals surface area (Å²) in [7, 11) is -1.33. The predicted octanol–water partition coefficient (Wildman–Crippen LogP) is 7.32. The van der Waals surface area contributed by atoms with Gasteiger partial charge in [-0.3, -0.25) is 0 Å². The van der Waals surface area contributed by atoms with Crippen molar-refractivity contribution >= 4 is 8.07 Å². The summed E-state index contributed by atoms with van der Waals surface area (Å²) in [5, 5.41) is 0. The van der Waals surface area contributed by atoms with Crippen LogP contribution in [0.3, 0.4) is 0 Å². The number of allylic oxidation sites excluding steroid dienone is 9. The van der Waals surface area contributed by atoms with E-state index in [1.165, 1.54) is 38.5 Å². The molecule has 6 atom stereocenters. The maximum Gasteiger partial charge on any atom is -0.0124 e. The van der Waals surface area contributed by atoms with Crippen LogP contribution in [0.2, 0.25) is 24.2 Å². The van der Waals surface area contributed by atoms with Gasteiger partial charge in [-0.05, 0) is 42.4 Å². The van der Waals surface area contributed by atoms with E-state index in [0.29, 0.717) is 0 Å². The molecule has 0 nitrogen and oxygen atoms in total. The van der Waals surface area contributed by atoms with Gasteiger partial charge in [-0.25, -0.2) is 0 Å². The van der Waals surface area contributed by atoms with Gasteiger partial charge in [0, 0.05) is 0 Å². The Morgan fingerprint density at radius 3 is 2.04 bits per heavy atom. The fourth-order valence-electron chi connectivity index (χ4n) is 6.86. The predicted molar refractivity (Wildman–Crippen MR) is 117 cm³/mol. The Bertz CT molecular complexity index is 601. The topological polar surface area (TPSA) is 0 Å². The second-order valence-corrected chi connectivity index (χ2v) is 14.9. The zero-order valence-electron chi connectivity index (χ0n) is 16.7. The van der Waals surface area contributed by atoms with E-state index >= 15 is 0 Å². The Balaban J connectivity index is 1.52. The van der Waals surface area contributed by atoms with E-state index < -0.39 is 8.07 Å². The zero-order valence-corrected chi connectivity index (χ0v) is 17.7. The molecule has 6 unspecified atom stereocenters. The molecule has 2 fully saturated rings. The summed E-state index contributed by atoms with van der Waals surface area (Å²) < 4.78 is 0. The Morgan fingerprint density at radius 2 is 1.46 bits per heavy atom. The lowest BCUT2D eigenvalue weighted by Gasteiger charge is -2.52. The fraction of sp³-hybridized carbons (Fsp3) is 0.600. The maximum atomic E-state index is 3.89. The summed E-state index contributed by atoms with van der Waals surface area (Å²) in [5.74, 6) is 4.04. The van der Waals surface area contributed by atoms with Gasteiger partial charge in [0.25, 0.3) is 0 Å². The molecule has 0 saturated heterocycles. The van der Waals surface area contributed by atoms with Crippen LogP contribution in [0.5, 0.6) is 0 Å². The number of unbranched alkanes of at least 4 members (excludes halogenated alkanes) is 1. The highest BCUT2D eigenvalue weighted by Crippen LogP contribution is 2.62. The van der Waals surface area contributed by atoms with Crippen LogP contribution in [-0.2, 0) is 0 Å². The van der Waals surface area contributed by atoms with E-state index in [9.17, 15) is 0 Å². The highest BCUT2D eigenvalue weighted by Gasteiger charge is 2.50. The molecule has 0 bridgehead atoms. The number of fused-ring (bicyclic) bond motifs is 3. The summed E-state index contributed by atoms with van der Waals surface area (Å²) in [6.07, 6.45) is 30.0. The quantitative estimate of drug-likeness (QED) is 0.263. The summed E-state index contributed by atoms with van der Waals surface area (Å²) in [4.78, 5) is 0. The molecule has 0 spiro atoms. The molecule has 0 aromatic carbocycles. The Morgan fingerprint density at radius 1 is 0.885 bits per heavy atom. The van der Waals surface area contributed by atoms with Crippen molar-refractivity contribution in [2.75, 3.05) is 0 Å². The second kappa shape index (κ2) is 7.50. The molecule has 4 aliphatic carbocycles. The SMILES string of the molecule is C=CCCCC1CCC([Si-](C)(C)C2C3C=CC=CC3C3C=CC=CC32)C1. The van der Waals surface area contributed by atoms with Crippen LogP contribution in [-0.4, -0.2) is 8.07 Å². The van der Waals surface area contributed by atoms with Gasteiger partial charge in [0.2, 0.25) is 0 Å². The van der Waals surface area contributed by atoms with Gasteiger partial charge in [0.15, 0.2) is 0 Å². The van der Waals surface area contributed by atoms with Crippen LogP contribution >= 0.6 is 0 Å². The van der Waals surface area contributed by atoms with E-state index in [-0.39, 0.29) is 0 Å². The van der Waals surface area contributed by atoms with Crippen LogP contribution in [0.4, 0.5) is 0 Å². The van der Waals surface area contributed by atoms with Crippen LogP contribution in [0.15, 0.2) is 61.3 Å². The molecule has 0 N–H and O–H groups in total. The third kappa shape index (κ3) is 3.17. The van der Waals surface area contributed by atoms with Gasteiger partial charge in [-0.2, -0.15) is 13.1 Å². The standard InChI is InChI=1S/C25H36Si/c1-4-5-6-11-19-16-17-20(18-19)26(2,3)25-23-14-9-7-12-21(23)22-13-8-10-15-24(22)25/h4,7-10,12-15,19-25H,1,5-6,11,16-18H2,2-3H3/q-1. The van der Waals surface area contributed by atoms with Gasteiger partial charge in [-0.15, -0.1) is 25.7 Å². The first-order valence-electron chi connectivity index (χ1n) is 10.9. The molecular formula is C25H36Si-. The minimum atomic E-state index is -1.33. The highest BCUT2D eigenvalue weighted by atomic mass is 28.3. The first kappa shape index (κ1) is 18.3. The third-order valence-corrected chi connectivity index (χ3v) is 13.3. The average molecular weight is 365 g/mol. The zero-order chi connectivity index (χ0) is 18.1. The summed E-state index contributed by atoms with van der Waals surface area (Å²) in [6.45, 7) is 9.38. The number of hydrogen-bond acceptors (Lipinski definition) is 0. The summed E-state index contributed by atoms with van der Waals surface area (Å²) >= 11 is 0. The molecule has 0 radical (unpaired) electrons. The van der Waals surface area contributed by atoms with Gasteiger partial charge in [-0.1, -0.05) is 80.4 Å². The van der Waals surface area contributed by atoms with Crippen molar-refractivity contribution in [1.82, 2.24) is 0 Å². The van der Waals surface area contributed by atoms with Crippen LogP contribution in [0.1, 0.15) is 38.5 Å². The highest BCUT2D eigenvalue weighted by molar-refractivity contribution is 6.80. The van der Waals surface area contributed by atoms with Crippen LogP contribution in [0, 0.1) is 29.6 Å². The van der Waals surface area contributed by atoms with Crippen molar-refractivity contribution in [1.29, 1.82) is 0 Å². The van der Waals surface area contributed by atoms with Crippen molar-refractivity contribution in [3.8, 4) is 0 Å². The van der Waals surface area contributed by atoms with Crippen molar-refractivity contribution in [3.63, 3.8) is 0 Å². The minimum absolute atomic E-state index is 0.743. The molecule has 0 amide bonds. The first-order valence-corrected chi connectivity index (χ1v) is 14.1. The normalized spacial score (nSPS) is 40.6. The molecule has 26 heavy (non-hydrogen) atoms. The largest absolute Gasteiger partial charge is 0.168 e.